The molecule has 0 amide bonds. The third-order valence-electron chi connectivity index (χ3n) is 3.78. The summed E-state index contributed by atoms with van der Waals surface area (Å²) in [6.45, 7) is 7.13. The fourth-order valence-corrected chi connectivity index (χ4v) is 3.49. The Hall–Kier alpha value is -0.510. The lowest BCUT2D eigenvalue weighted by atomic mass is 10.0. The van der Waals surface area contributed by atoms with Crippen LogP contribution < -0.4 is 5.32 Å². The van der Waals surface area contributed by atoms with Crippen LogP contribution in [-0.4, -0.2) is 48.6 Å². The first-order chi connectivity index (χ1) is 9.38. The van der Waals surface area contributed by atoms with E-state index in [1.54, 1.807) is 0 Å². The molecule has 1 saturated heterocycles. The molecule has 1 unspecified atom stereocenters. The van der Waals surface area contributed by atoms with Gasteiger partial charge in [0, 0.05) is 43.7 Å². The molecular formula is C16H26N2S. The summed E-state index contributed by atoms with van der Waals surface area (Å²) in [4.78, 5) is 2.58. The molecule has 106 valence electrons. The van der Waals surface area contributed by atoms with Gasteiger partial charge >= 0.3 is 0 Å². The van der Waals surface area contributed by atoms with E-state index in [1.165, 1.54) is 43.1 Å². The Morgan fingerprint density at radius 1 is 1.21 bits per heavy atom. The summed E-state index contributed by atoms with van der Waals surface area (Å²) in [6.07, 6.45) is 2.35. The van der Waals surface area contributed by atoms with E-state index in [1.807, 2.05) is 0 Å². The third kappa shape index (κ3) is 5.55. The van der Waals surface area contributed by atoms with E-state index < -0.39 is 0 Å². The second-order valence-corrected chi connectivity index (χ2v) is 6.43. The molecule has 0 saturated carbocycles. The average Bonchev–Trinajstić information content (AvgIpc) is 2.48. The van der Waals surface area contributed by atoms with Crippen molar-refractivity contribution in [2.24, 2.45) is 0 Å². The molecule has 1 atom stereocenters. The highest BCUT2D eigenvalue weighted by molar-refractivity contribution is 7.99. The fourth-order valence-electron chi connectivity index (χ4n) is 2.51. The van der Waals surface area contributed by atoms with Crippen LogP contribution >= 0.6 is 11.8 Å². The van der Waals surface area contributed by atoms with Crippen molar-refractivity contribution in [2.75, 3.05) is 37.7 Å². The highest BCUT2D eigenvalue weighted by Crippen LogP contribution is 2.09. The number of hydrogen-bond acceptors (Lipinski definition) is 3. The topological polar surface area (TPSA) is 15.3 Å². The van der Waals surface area contributed by atoms with Crippen molar-refractivity contribution < 1.29 is 0 Å². The number of thioether (sulfide) groups is 1. The molecule has 2 nitrogen and oxygen atoms in total. The quantitative estimate of drug-likeness (QED) is 0.825. The van der Waals surface area contributed by atoms with Crippen molar-refractivity contribution in [2.45, 2.75) is 25.8 Å². The van der Waals surface area contributed by atoms with Gasteiger partial charge in [0.15, 0.2) is 0 Å². The Bertz CT molecular complexity index is 336. The van der Waals surface area contributed by atoms with Gasteiger partial charge in [0.2, 0.25) is 0 Å². The van der Waals surface area contributed by atoms with Crippen LogP contribution in [0.3, 0.4) is 0 Å². The van der Waals surface area contributed by atoms with Gasteiger partial charge in [-0.05, 0) is 18.4 Å². The second kappa shape index (κ2) is 8.62. The average molecular weight is 278 g/mol. The van der Waals surface area contributed by atoms with Crippen LogP contribution in [0.1, 0.15) is 18.9 Å². The normalized spacial score (nSPS) is 18.4. The number of hydrogen-bond donors (Lipinski definition) is 1. The minimum absolute atomic E-state index is 0.613. The molecule has 1 aliphatic rings. The first-order valence-electron chi connectivity index (χ1n) is 7.46. The van der Waals surface area contributed by atoms with Gasteiger partial charge in [-0.3, -0.25) is 0 Å². The van der Waals surface area contributed by atoms with Crippen molar-refractivity contribution in [3.8, 4) is 0 Å². The first-order valence-corrected chi connectivity index (χ1v) is 8.61. The molecule has 0 radical (unpaired) electrons. The van der Waals surface area contributed by atoms with Crippen LogP contribution in [0.25, 0.3) is 0 Å². The number of benzene rings is 1. The Labute approximate surface area is 122 Å². The van der Waals surface area contributed by atoms with Gasteiger partial charge in [0.1, 0.15) is 0 Å². The minimum Gasteiger partial charge on any atom is -0.312 e. The van der Waals surface area contributed by atoms with Gasteiger partial charge in [0.05, 0.1) is 0 Å². The Morgan fingerprint density at radius 3 is 2.63 bits per heavy atom. The molecule has 1 aliphatic heterocycles. The summed E-state index contributed by atoms with van der Waals surface area (Å²) in [5.74, 6) is 2.61. The molecule has 1 aromatic carbocycles. The van der Waals surface area contributed by atoms with Crippen molar-refractivity contribution in [1.29, 1.82) is 0 Å². The summed E-state index contributed by atoms with van der Waals surface area (Å²) < 4.78 is 0. The van der Waals surface area contributed by atoms with E-state index in [9.17, 15) is 0 Å². The van der Waals surface area contributed by atoms with Gasteiger partial charge in [0.25, 0.3) is 0 Å². The summed E-state index contributed by atoms with van der Waals surface area (Å²) >= 11 is 2.08. The molecule has 0 aliphatic carbocycles. The van der Waals surface area contributed by atoms with Crippen LogP contribution in [0.5, 0.6) is 0 Å². The zero-order chi connectivity index (χ0) is 13.3. The van der Waals surface area contributed by atoms with Gasteiger partial charge in [-0.25, -0.2) is 0 Å². The van der Waals surface area contributed by atoms with Gasteiger partial charge in [-0.15, -0.1) is 0 Å². The maximum Gasteiger partial charge on any atom is 0.0108 e. The monoisotopic (exact) mass is 278 g/mol. The maximum atomic E-state index is 3.72. The van der Waals surface area contributed by atoms with Crippen LogP contribution in [0, 0.1) is 0 Å². The van der Waals surface area contributed by atoms with E-state index in [0.717, 1.165) is 13.0 Å². The lowest BCUT2D eigenvalue weighted by Crippen LogP contribution is -2.41. The highest BCUT2D eigenvalue weighted by atomic mass is 32.2. The Balaban J connectivity index is 1.67. The second-order valence-electron chi connectivity index (χ2n) is 5.20. The zero-order valence-electron chi connectivity index (χ0n) is 12.0. The Kier molecular flexibility index (Phi) is 6.75. The highest BCUT2D eigenvalue weighted by Gasteiger charge is 2.11. The van der Waals surface area contributed by atoms with Gasteiger partial charge < -0.3 is 10.2 Å². The molecule has 0 aromatic heterocycles. The molecule has 1 N–H and O–H groups in total. The number of nitrogens with zero attached hydrogens (tertiary/aromatic N) is 1. The number of nitrogens with one attached hydrogen (secondary N) is 1. The molecule has 19 heavy (non-hydrogen) atoms. The minimum atomic E-state index is 0.613. The summed E-state index contributed by atoms with van der Waals surface area (Å²) in [5, 5.41) is 3.72. The predicted molar refractivity (Wildman–Crippen MR) is 86.0 cm³/mol. The third-order valence-corrected chi connectivity index (χ3v) is 4.72. The first kappa shape index (κ1) is 14.9. The van der Waals surface area contributed by atoms with E-state index in [2.05, 4.69) is 59.2 Å². The summed E-state index contributed by atoms with van der Waals surface area (Å²) in [5.41, 5.74) is 1.44. The summed E-state index contributed by atoms with van der Waals surface area (Å²) in [7, 11) is 0. The molecule has 0 bridgehead atoms. The predicted octanol–water partition coefficient (Wildman–Crippen LogP) is 2.65. The lowest BCUT2D eigenvalue weighted by molar-refractivity contribution is 0.293. The van der Waals surface area contributed by atoms with Crippen molar-refractivity contribution in [3.63, 3.8) is 0 Å². The molecular weight excluding hydrogens is 252 g/mol. The van der Waals surface area contributed by atoms with E-state index in [-0.39, 0.29) is 0 Å². The maximum absolute atomic E-state index is 3.72. The standard InChI is InChI=1S/C16H26N2S/c1-2-16(14-15-6-4-3-5-7-15)17-8-9-18-10-12-19-13-11-18/h3-7,16-17H,2,8-14H2,1H3. The van der Waals surface area contributed by atoms with Crippen LogP contribution in [-0.2, 0) is 6.42 Å². The lowest BCUT2D eigenvalue weighted by Gasteiger charge is -2.27. The molecule has 1 heterocycles. The summed E-state index contributed by atoms with van der Waals surface area (Å²) in [6, 6.07) is 11.4. The Morgan fingerprint density at radius 2 is 1.95 bits per heavy atom. The largest absolute Gasteiger partial charge is 0.312 e. The fraction of sp³-hybridized carbons (Fsp3) is 0.625. The van der Waals surface area contributed by atoms with E-state index in [0.29, 0.717) is 6.04 Å². The van der Waals surface area contributed by atoms with Crippen molar-refractivity contribution in [3.05, 3.63) is 35.9 Å². The zero-order valence-corrected chi connectivity index (χ0v) is 12.8. The van der Waals surface area contributed by atoms with Crippen LogP contribution in [0.15, 0.2) is 30.3 Å². The molecule has 2 rings (SSSR count). The molecule has 3 heteroatoms. The smallest absolute Gasteiger partial charge is 0.0108 e. The van der Waals surface area contributed by atoms with E-state index >= 15 is 0 Å². The van der Waals surface area contributed by atoms with Gasteiger partial charge in [-0.2, -0.15) is 11.8 Å². The molecule has 1 aromatic rings. The van der Waals surface area contributed by atoms with Crippen molar-refractivity contribution in [1.82, 2.24) is 10.2 Å². The van der Waals surface area contributed by atoms with Crippen LogP contribution in [0.2, 0.25) is 0 Å². The van der Waals surface area contributed by atoms with Gasteiger partial charge in [-0.1, -0.05) is 37.3 Å². The van der Waals surface area contributed by atoms with Crippen LogP contribution in [0.4, 0.5) is 0 Å². The SMILES string of the molecule is CCC(Cc1ccccc1)NCCN1CCSCC1. The molecule has 0 spiro atoms. The number of rotatable bonds is 7. The molecule has 1 fully saturated rings. The van der Waals surface area contributed by atoms with E-state index in [4.69, 9.17) is 0 Å². The van der Waals surface area contributed by atoms with Crippen molar-refractivity contribution >= 4 is 11.8 Å².